The normalized spacial score (nSPS) is 22.4. The number of aromatic nitrogens is 1. The Balaban J connectivity index is 1.50. The minimum Gasteiger partial charge on any atom is -0.441 e. The van der Waals surface area contributed by atoms with Gasteiger partial charge in [0, 0.05) is 17.6 Å². The van der Waals surface area contributed by atoms with Crippen molar-refractivity contribution in [2.45, 2.75) is 50.4 Å². The van der Waals surface area contributed by atoms with Crippen LogP contribution in [0, 0.1) is 0 Å². The molecule has 25 heavy (non-hydrogen) atoms. The Kier molecular flexibility index (Phi) is 4.48. The van der Waals surface area contributed by atoms with E-state index in [0.717, 1.165) is 24.0 Å². The second kappa shape index (κ2) is 6.77. The molecule has 0 radical (unpaired) electrons. The SMILES string of the molecule is COC(C(=O)OCn1sc2c(c1=O)C1CCC2CC1)c1ccccc1. The Morgan fingerprint density at radius 1 is 1.20 bits per heavy atom. The predicted octanol–water partition coefficient (Wildman–Crippen LogP) is 3.55. The number of benzene rings is 1. The van der Waals surface area contributed by atoms with Crippen molar-refractivity contribution in [2.24, 2.45) is 0 Å². The Morgan fingerprint density at radius 3 is 2.52 bits per heavy atom. The highest BCUT2D eigenvalue weighted by Crippen LogP contribution is 2.49. The minimum atomic E-state index is -0.775. The van der Waals surface area contributed by atoms with Crippen molar-refractivity contribution in [3.8, 4) is 0 Å². The van der Waals surface area contributed by atoms with Crippen LogP contribution in [0.1, 0.15) is 59.6 Å². The Morgan fingerprint density at radius 2 is 1.88 bits per heavy atom. The first kappa shape index (κ1) is 16.5. The smallest absolute Gasteiger partial charge is 0.341 e. The Bertz CT molecular complexity index is 818. The molecule has 3 aliphatic rings. The van der Waals surface area contributed by atoms with Gasteiger partial charge in [-0.3, -0.25) is 4.79 Å². The zero-order valence-electron chi connectivity index (χ0n) is 14.1. The number of hydrogen-bond acceptors (Lipinski definition) is 5. The highest BCUT2D eigenvalue weighted by molar-refractivity contribution is 7.06. The molecule has 1 saturated carbocycles. The van der Waals surface area contributed by atoms with E-state index in [4.69, 9.17) is 9.47 Å². The van der Waals surface area contributed by atoms with Crippen LogP contribution in [0.2, 0.25) is 0 Å². The molecular weight excluding hydrogens is 338 g/mol. The maximum atomic E-state index is 12.7. The van der Waals surface area contributed by atoms with Gasteiger partial charge in [0.2, 0.25) is 0 Å². The van der Waals surface area contributed by atoms with Gasteiger partial charge in [0.05, 0.1) is 0 Å². The first-order chi connectivity index (χ1) is 12.2. The van der Waals surface area contributed by atoms with E-state index in [1.54, 1.807) is 3.96 Å². The van der Waals surface area contributed by atoms with Gasteiger partial charge < -0.3 is 9.47 Å². The molecule has 0 aliphatic heterocycles. The summed E-state index contributed by atoms with van der Waals surface area (Å²) in [6, 6.07) is 9.22. The van der Waals surface area contributed by atoms with E-state index in [1.165, 1.54) is 36.4 Å². The van der Waals surface area contributed by atoms with E-state index in [-0.39, 0.29) is 12.3 Å². The molecule has 132 valence electrons. The van der Waals surface area contributed by atoms with Gasteiger partial charge in [0.15, 0.2) is 12.8 Å². The van der Waals surface area contributed by atoms with E-state index in [0.29, 0.717) is 11.8 Å². The molecule has 1 aromatic heterocycles. The third kappa shape index (κ3) is 2.93. The first-order valence-corrected chi connectivity index (χ1v) is 9.44. The second-order valence-corrected chi connectivity index (χ2v) is 7.78. The third-order valence-electron chi connectivity index (χ3n) is 5.31. The quantitative estimate of drug-likeness (QED) is 0.766. The van der Waals surface area contributed by atoms with Gasteiger partial charge >= 0.3 is 5.97 Å². The summed E-state index contributed by atoms with van der Waals surface area (Å²) in [7, 11) is 1.48. The molecule has 1 aromatic carbocycles. The zero-order valence-corrected chi connectivity index (χ0v) is 15.0. The Labute approximate surface area is 150 Å². The predicted molar refractivity (Wildman–Crippen MR) is 94.8 cm³/mol. The molecule has 0 amide bonds. The summed E-state index contributed by atoms with van der Waals surface area (Å²) in [6.45, 7) is -0.0402. The highest BCUT2D eigenvalue weighted by Gasteiger charge is 2.37. The van der Waals surface area contributed by atoms with Gasteiger partial charge in [-0.15, -0.1) is 0 Å². The van der Waals surface area contributed by atoms with Gasteiger partial charge in [-0.1, -0.05) is 41.9 Å². The van der Waals surface area contributed by atoms with Crippen molar-refractivity contribution < 1.29 is 14.3 Å². The fraction of sp³-hybridized carbons (Fsp3) is 0.474. The minimum absolute atomic E-state index is 0.0240. The van der Waals surface area contributed by atoms with Gasteiger partial charge in [-0.2, -0.15) is 0 Å². The van der Waals surface area contributed by atoms with E-state index in [9.17, 15) is 9.59 Å². The van der Waals surface area contributed by atoms with Crippen molar-refractivity contribution in [3.63, 3.8) is 0 Å². The van der Waals surface area contributed by atoms with E-state index >= 15 is 0 Å². The lowest BCUT2D eigenvalue weighted by molar-refractivity contribution is -0.159. The standard InChI is InChI=1S/C19H21NO4S/c1-23-16(13-5-3-2-4-6-13)19(22)24-11-20-18(21)15-12-7-9-14(10-8-12)17(15)25-20/h2-6,12,14,16H,7-11H2,1H3. The van der Waals surface area contributed by atoms with Crippen molar-refractivity contribution in [1.29, 1.82) is 0 Å². The number of carbonyl (C=O) groups is 1. The molecule has 1 fully saturated rings. The monoisotopic (exact) mass is 359 g/mol. The number of rotatable bonds is 5. The number of fused-ring (bicyclic) bond motifs is 2. The second-order valence-electron chi connectivity index (χ2n) is 6.72. The molecule has 1 unspecified atom stereocenters. The summed E-state index contributed by atoms with van der Waals surface area (Å²) in [5.41, 5.74) is 1.75. The number of methoxy groups -OCH3 is 1. The molecule has 1 atom stereocenters. The largest absolute Gasteiger partial charge is 0.441 e. The maximum absolute atomic E-state index is 12.7. The van der Waals surface area contributed by atoms with Crippen molar-refractivity contribution in [1.82, 2.24) is 3.96 Å². The molecule has 3 aliphatic carbocycles. The number of carbonyl (C=O) groups excluding carboxylic acids is 1. The zero-order chi connectivity index (χ0) is 17.4. The van der Waals surface area contributed by atoms with E-state index < -0.39 is 12.1 Å². The van der Waals surface area contributed by atoms with Crippen LogP contribution in [0.5, 0.6) is 0 Å². The van der Waals surface area contributed by atoms with Crippen LogP contribution in [-0.4, -0.2) is 17.0 Å². The molecule has 2 bridgehead atoms. The summed E-state index contributed by atoms with van der Waals surface area (Å²) in [4.78, 5) is 26.3. The molecular formula is C19H21NO4S. The van der Waals surface area contributed by atoms with Gasteiger partial charge in [0.1, 0.15) is 0 Å². The Hall–Kier alpha value is -1.92. The number of esters is 1. The molecule has 0 N–H and O–H groups in total. The van der Waals surface area contributed by atoms with Crippen LogP contribution >= 0.6 is 11.5 Å². The molecule has 0 spiro atoms. The lowest BCUT2D eigenvalue weighted by Crippen LogP contribution is -2.27. The number of nitrogens with zero attached hydrogens (tertiary/aromatic N) is 1. The van der Waals surface area contributed by atoms with Crippen molar-refractivity contribution >= 4 is 17.5 Å². The van der Waals surface area contributed by atoms with Crippen LogP contribution in [0.15, 0.2) is 35.1 Å². The molecule has 0 saturated heterocycles. The fourth-order valence-corrected chi connectivity index (χ4v) is 5.30. The molecule has 5 nitrogen and oxygen atoms in total. The molecule has 2 aromatic rings. The van der Waals surface area contributed by atoms with Gasteiger partial charge in [0.25, 0.3) is 5.56 Å². The lowest BCUT2D eigenvalue weighted by Gasteiger charge is -2.34. The van der Waals surface area contributed by atoms with Crippen LogP contribution in [-0.2, 0) is 21.0 Å². The third-order valence-corrected chi connectivity index (χ3v) is 6.55. The van der Waals surface area contributed by atoms with E-state index in [2.05, 4.69) is 0 Å². The van der Waals surface area contributed by atoms with Gasteiger partial charge in [-0.05, 0) is 43.1 Å². The number of hydrogen-bond donors (Lipinski definition) is 0. The summed E-state index contributed by atoms with van der Waals surface area (Å²) >= 11 is 1.47. The first-order valence-electron chi connectivity index (χ1n) is 8.67. The van der Waals surface area contributed by atoms with Crippen molar-refractivity contribution in [2.75, 3.05) is 7.11 Å². The average molecular weight is 359 g/mol. The van der Waals surface area contributed by atoms with Crippen LogP contribution in [0.25, 0.3) is 0 Å². The highest BCUT2D eigenvalue weighted by atomic mass is 32.1. The van der Waals surface area contributed by atoms with Crippen molar-refractivity contribution in [3.05, 3.63) is 56.7 Å². The van der Waals surface area contributed by atoms with Gasteiger partial charge in [-0.25, -0.2) is 8.75 Å². The summed E-state index contributed by atoms with van der Waals surface area (Å²) in [5.74, 6) is 0.442. The molecule has 6 heteroatoms. The maximum Gasteiger partial charge on any atom is 0.341 e. The summed E-state index contributed by atoms with van der Waals surface area (Å²) in [6.07, 6.45) is 3.81. The van der Waals surface area contributed by atoms with Crippen LogP contribution < -0.4 is 5.56 Å². The fourth-order valence-electron chi connectivity index (χ4n) is 4.04. The topological polar surface area (TPSA) is 57.5 Å². The molecule has 5 rings (SSSR count). The lowest BCUT2D eigenvalue weighted by atomic mass is 9.71. The van der Waals surface area contributed by atoms with Crippen LogP contribution in [0.3, 0.4) is 0 Å². The summed E-state index contributed by atoms with van der Waals surface area (Å²) < 4.78 is 12.3. The summed E-state index contributed by atoms with van der Waals surface area (Å²) in [5, 5.41) is 0. The number of ether oxygens (including phenoxy) is 2. The molecule has 1 heterocycles. The average Bonchev–Trinajstić information content (AvgIpc) is 3.01. The van der Waals surface area contributed by atoms with E-state index in [1.807, 2.05) is 30.3 Å². The van der Waals surface area contributed by atoms with Crippen LogP contribution in [0.4, 0.5) is 0 Å².